The summed E-state index contributed by atoms with van der Waals surface area (Å²) in [5.41, 5.74) is 0.361. The lowest BCUT2D eigenvalue weighted by Crippen LogP contribution is -2.22. The van der Waals surface area contributed by atoms with Gasteiger partial charge in [0.1, 0.15) is 11.6 Å². The number of rotatable bonds is 6. The molecule has 0 unspecified atom stereocenters. The number of halogens is 1. The molecule has 0 radical (unpaired) electrons. The zero-order chi connectivity index (χ0) is 20.0. The number of carbonyl (C=O) groups excluding carboxylic acids is 2. The van der Waals surface area contributed by atoms with E-state index in [2.05, 4.69) is 5.32 Å². The van der Waals surface area contributed by atoms with Crippen molar-refractivity contribution in [3.63, 3.8) is 0 Å². The summed E-state index contributed by atoms with van der Waals surface area (Å²) < 4.78 is 10.3. The van der Waals surface area contributed by atoms with Crippen molar-refractivity contribution in [2.24, 2.45) is 0 Å². The number of carboxylic acids is 1. The highest BCUT2D eigenvalue weighted by molar-refractivity contribution is 6.32. The van der Waals surface area contributed by atoms with E-state index in [1.165, 1.54) is 50.6 Å². The third-order valence-corrected chi connectivity index (χ3v) is 3.77. The molecule has 0 aliphatic heterocycles. The number of methoxy groups -OCH3 is 2. The van der Waals surface area contributed by atoms with Gasteiger partial charge in [-0.3, -0.25) is 4.79 Å². The van der Waals surface area contributed by atoms with Crippen LogP contribution in [0.2, 0.25) is 5.02 Å². The number of hydrogen-bond acceptors (Lipinski definition) is 6. The average molecular weight is 386 g/mol. The standard InChI is InChI=1S/C19H15ClN2O5/c1-26-16-8-11(7-15(20)17(16)27-2)6-13(10-21)18(23)22-14-5-3-4-12(9-14)19(24)25/h3-9H,1-2H3,(H,22,23)(H,24,25)/p-1/b13-6+. The van der Waals surface area contributed by atoms with Crippen LogP contribution in [0.5, 0.6) is 11.5 Å². The Labute approximate surface area is 160 Å². The van der Waals surface area contributed by atoms with Crippen LogP contribution in [0.25, 0.3) is 6.08 Å². The minimum Gasteiger partial charge on any atom is -0.545 e. The van der Waals surface area contributed by atoms with E-state index in [9.17, 15) is 20.0 Å². The molecule has 0 aliphatic carbocycles. The van der Waals surface area contributed by atoms with E-state index in [1.54, 1.807) is 12.1 Å². The maximum Gasteiger partial charge on any atom is 0.266 e. The Morgan fingerprint density at radius 3 is 2.56 bits per heavy atom. The summed E-state index contributed by atoms with van der Waals surface area (Å²) >= 11 is 6.12. The van der Waals surface area contributed by atoms with Gasteiger partial charge in [-0.15, -0.1) is 0 Å². The summed E-state index contributed by atoms with van der Waals surface area (Å²) in [5, 5.41) is 22.9. The second kappa shape index (κ2) is 8.74. The second-order valence-corrected chi connectivity index (χ2v) is 5.64. The molecular weight excluding hydrogens is 372 g/mol. The highest BCUT2D eigenvalue weighted by Crippen LogP contribution is 2.36. The first-order valence-electron chi connectivity index (χ1n) is 7.55. The summed E-state index contributed by atoms with van der Waals surface area (Å²) in [5.74, 6) is -1.41. The number of hydrogen-bond donors (Lipinski definition) is 1. The van der Waals surface area contributed by atoms with Gasteiger partial charge < -0.3 is 24.7 Å². The number of anilines is 1. The van der Waals surface area contributed by atoms with Crippen molar-refractivity contribution in [1.82, 2.24) is 0 Å². The fourth-order valence-corrected chi connectivity index (χ4v) is 2.56. The van der Waals surface area contributed by atoms with E-state index in [4.69, 9.17) is 21.1 Å². The van der Waals surface area contributed by atoms with Gasteiger partial charge in [-0.1, -0.05) is 23.7 Å². The van der Waals surface area contributed by atoms with Gasteiger partial charge in [0, 0.05) is 5.69 Å². The zero-order valence-corrected chi connectivity index (χ0v) is 15.2. The third kappa shape index (κ3) is 4.77. The van der Waals surface area contributed by atoms with Crippen LogP contribution in [0.4, 0.5) is 5.69 Å². The van der Waals surface area contributed by atoms with Crippen LogP contribution < -0.4 is 19.9 Å². The highest BCUT2D eigenvalue weighted by Gasteiger charge is 2.13. The molecule has 1 N–H and O–H groups in total. The van der Waals surface area contributed by atoms with Crippen molar-refractivity contribution < 1.29 is 24.2 Å². The molecule has 1 amide bonds. The summed E-state index contributed by atoms with van der Waals surface area (Å²) in [6.45, 7) is 0. The molecule has 2 rings (SSSR count). The Balaban J connectivity index is 2.32. The molecule has 0 aliphatic rings. The molecule has 0 aromatic heterocycles. The van der Waals surface area contributed by atoms with Crippen LogP contribution in [-0.4, -0.2) is 26.1 Å². The minimum absolute atomic E-state index is 0.0954. The SMILES string of the molecule is COc1cc(/C=C(\C#N)C(=O)Nc2cccc(C(=O)[O-])c2)cc(Cl)c1OC. The zero-order valence-electron chi connectivity index (χ0n) is 14.4. The molecule has 0 heterocycles. The third-order valence-electron chi connectivity index (χ3n) is 3.49. The van der Waals surface area contributed by atoms with Crippen molar-refractivity contribution in [3.05, 3.63) is 58.1 Å². The number of carbonyl (C=O) groups is 2. The van der Waals surface area contributed by atoms with Gasteiger partial charge in [0.05, 0.1) is 25.2 Å². The second-order valence-electron chi connectivity index (χ2n) is 5.23. The fourth-order valence-electron chi connectivity index (χ4n) is 2.26. The van der Waals surface area contributed by atoms with Crippen molar-refractivity contribution in [2.75, 3.05) is 19.5 Å². The molecule has 0 saturated heterocycles. The van der Waals surface area contributed by atoms with E-state index in [-0.39, 0.29) is 21.8 Å². The van der Waals surface area contributed by atoms with E-state index in [0.717, 1.165) is 0 Å². The van der Waals surface area contributed by atoms with Gasteiger partial charge in [0.2, 0.25) is 0 Å². The summed E-state index contributed by atoms with van der Waals surface area (Å²) in [6, 6.07) is 10.4. The van der Waals surface area contributed by atoms with Gasteiger partial charge >= 0.3 is 0 Å². The van der Waals surface area contributed by atoms with Crippen molar-refractivity contribution in [2.45, 2.75) is 0 Å². The molecule has 7 nitrogen and oxygen atoms in total. The van der Waals surface area contributed by atoms with Crippen molar-refractivity contribution in [1.29, 1.82) is 5.26 Å². The van der Waals surface area contributed by atoms with Gasteiger partial charge in [0.25, 0.3) is 5.91 Å². The molecule has 8 heteroatoms. The molecule has 138 valence electrons. The number of aromatic carboxylic acids is 1. The van der Waals surface area contributed by atoms with Crippen LogP contribution in [0, 0.1) is 11.3 Å². The molecule has 0 spiro atoms. The number of benzene rings is 2. The van der Waals surface area contributed by atoms with Crippen molar-refractivity contribution in [3.8, 4) is 17.6 Å². The Morgan fingerprint density at radius 2 is 1.96 bits per heavy atom. The minimum atomic E-state index is -1.37. The van der Waals surface area contributed by atoms with Gasteiger partial charge in [0.15, 0.2) is 11.5 Å². The van der Waals surface area contributed by atoms with Crippen LogP contribution >= 0.6 is 11.6 Å². The summed E-state index contributed by atoms with van der Waals surface area (Å²) in [7, 11) is 2.87. The molecule has 2 aromatic carbocycles. The van der Waals surface area contributed by atoms with Crippen LogP contribution in [-0.2, 0) is 4.79 Å². The summed E-state index contributed by atoms with van der Waals surface area (Å²) in [6.07, 6.45) is 1.33. The predicted octanol–water partition coefficient (Wildman–Crippen LogP) is 2.27. The number of amides is 1. The smallest absolute Gasteiger partial charge is 0.266 e. The van der Waals surface area contributed by atoms with E-state index in [1.807, 2.05) is 0 Å². The Morgan fingerprint density at radius 1 is 1.22 bits per heavy atom. The molecule has 2 aromatic rings. The van der Waals surface area contributed by atoms with Crippen LogP contribution in [0.15, 0.2) is 42.0 Å². The number of ether oxygens (including phenoxy) is 2. The van der Waals surface area contributed by atoms with Crippen LogP contribution in [0.3, 0.4) is 0 Å². The average Bonchev–Trinajstić information content (AvgIpc) is 2.65. The van der Waals surface area contributed by atoms with Crippen LogP contribution in [0.1, 0.15) is 15.9 Å². The maximum atomic E-state index is 12.3. The first kappa shape index (κ1) is 19.8. The normalized spacial score (nSPS) is 10.7. The van der Waals surface area contributed by atoms with Gasteiger partial charge in [-0.05, 0) is 41.5 Å². The van der Waals surface area contributed by atoms with E-state index >= 15 is 0 Å². The molecule has 0 bridgehead atoms. The lowest BCUT2D eigenvalue weighted by atomic mass is 10.1. The Hall–Kier alpha value is -3.50. The number of nitrogens with zero attached hydrogens (tertiary/aromatic N) is 1. The number of nitrogens with one attached hydrogen (secondary N) is 1. The first-order chi connectivity index (χ1) is 12.9. The number of nitriles is 1. The van der Waals surface area contributed by atoms with Gasteiger partial charge in [-0.2, -0.15) is 5.26 Å². The quantitative estimate of drug-likeness (QED) is 0.603. The summed E-state index contributed by atoms with van der Waals surface area (Å²) in [4.78, 5) is 23.2. The number of carboxylic acid groups (broad SMARTS) is 1. The lowest BCUT2D eigenvalue weighted by molar-refractivity contribution is -0.255. The predicted molar refractivity (Wildman–Crippen MR) is 97.5 cm³/mol. The molecule has 0 fully saturated rings. The monoisotopic (exact) mass is 385 g/mol. The van der Waals surface area contributed by atoms with E-state index in [0.29, 0.717) is 17.1 Å². The van der Waals surface area contributed by atoms with Crippen molar-refractivity contribution >= 4 is 35.2 Å². The molecule has 0 atom stereocenters. The Bertz CT molecular complexity index is 963. The lowest BCUT2D eigenvalue weighted by Gasteiger charge is -2.11. The van der Waals surface area contributed by atoms with Gasteiger partial charge in [-0.25, -0.2) is 0 Å². The van der Waals surface area contributed by atoms with E-state index < -0.39 is 11.9 Å². The fraction of sp³-hybridized carbons (Fsp3) is 0.105. The largest absolute Gasteiger partial charge is 0.545 e. The molecule has 27 heavy (non-hydrogen) atoms. The molecule has 0 saturated carbocycles. The highest BCUT2D eigenvalue weighted by atomic mass is 35.5. The topological polar surface area (TPSA) is 111 Å². The molecular formula is C19H14ClN2O5-. The maximum absolute atomic E-state index is 12.3. The Kier molecular flexibility index (Phi) is 6.41. The first-order valence-corrected chi connectivity index (χ1v) is 7.93.